The number of ether oxygens (including phenoxy) is 1. The predicted molar refractivity (Wildman–Crippen MR) is 66.3 cm³/mol. The highest BCUT2D eigenvalue weighted by molar-refractivity contribution is 5.82. The molecule has 2 unspecified atom stereocenters. The summed E-state index contributed by atoms with van der Waals surface area (Å²) in [6.45, 7) is 4.45. The van der Waals surface area contributed by atoms with E-state index in [1.165, 1.54) is 4.90 Å². The van der Waals surface area contributed by atoms with Gasteiger partial charge in [-0.05, 0) is 5.92 Å². The highest BCUT2D eigenvalue weighted by Crippen LogP contribution is 2.10. The summed E-state index contributed by atoms with van der Waals surface area (Å²) in [5, 5.41) is 20.4. The summed E-state index contributed by atoms with van der Waals surface area (Å²) >= 11 is 0. The van der Waals surface area contributed by atoms with Crippen molar-refractivity contribution in [3.63, 3.8) is 0 Å². The molecule has 0 saturated carbocycles. The number of nitrogens with zero attached hydrogens (tertiary/aromatic N) is 2. The summed E-state index contributed by atoms with van der Waals surface area (Å²) < 4.78 is 5.13. The number of aliphatic carboxylic acids is 1. The lowest BCUT2D eigenvalue weighted by Crippen LogP contribution is -2.54. The van der Waals surface area contributed by atoms with Gasteiger partial charge in [0.05, 0.1) is 19.2 Å². The van der Waals surface area contributed by atoms with Gasteiger partial charge >= 0.3 is 12.0 Å². The van der Waals surface area contributed by atoms with E-state index in [1.54, 1.807) is 6.92 Å². The van der Waals surface area contributed by atoms with Crippen molar-refractivity contribution in [2.45, 2.75) is 32.4 Å². The van der Waals surface area contributed by atoms with Crippen molar-refractivity contribution >= 4 is 12.0 Å². The van der Waals surface area contributed by atoms with Crippen molar-refractivity contribution in [3.05, 3.63) is 0 Å². The van der Waals surface area contributed by atoms with E-state index in [0.717, 1.165) is 0 Å². The fraction of sp³-hybridized carbons (Fsp3) is 0.750. The normalized spacial score (nSPS) is 22.2. The van der Waals surface area contributed by atoms with Gasteiger partial charge in [0.2, 0.25) is 0 Å². The monoisotopic (exact) mass is 269 g/mol. The van der Waals surface area contributed by atoms with Gasteiger partial charge in [0.25, 0.3) is 0 Å². The minimum Gasteiger partial charge on any atom is -0.480 e. The Morgan fingerprint density at radius 3 is 2.84 bits per heavy atom. The number of urea groups is 1. The molecule has 3 atom stereocenters. The molecule has 0 spiro atoms. The molecule has 0 radical (unpaired) electrons. The molecule has 1 aliphatic heterocycles. The van der Waals surface area contributed by atoms with E-state index in [-0.39, 0.29) is 19.1 Å². The minimum atomic E-state index is -1.05. The molecule has 2 N–H and O–H groups in total. The summed E-state index contributed by atoms with van der Waals surface area (Å²) in [4.78, 5) is 24.5. The second kappa shape index (κ2) is 6.95. The zero-order valence-electron chi connectivity index (χ0n) is 11.1. The van der Waals surface area contributed by atoms with E-state index in [9.17, 15) is 9.59 Å². The maximum Gasteiger partial charge on any atom is 0.326 e. The topological polar surface area (TPSA) is 103 Å². The Bertz CT molecular complexity index is 380. The van der Waals surface area contributed by atoms with Crippen LogP contribution in [0.3, 0.4) is 0 Å². The van der Waals surface area contributed by atoms with Gasteiger partial charge in [0.1, 0.15) is 6.04 Å². The van der Waals surface area contributed by atoms with Crippen molar-refractivity contribution in [3.8, 4) is 6.07 Å². The molecule has 0 aromatic carbocycles. The number of carboxylic acids is 1. The van der Waals surface area contributed by atoms with E-state index in [0.29, 0.717) is 13.0 Å². The van der Waals surface area contributed by atoms with E-state index in [2.05, 4.69) is 5.32 Å². The van der Waals surface area contributed by atoms with Crippen LogP contribution in [0.5, 0.6) is 0 Å². The molecule has 0 aromatic heterocycles. The fourth-order valence-electron chi connectivity index (χ4n) is 1.82. The molecule has 1 fully saturated rings. The molecule has 1 heterocycles. The Kier molecular flexibility index (Phi) is 5.57. The number of carboxylic acid groups (broad SMARTS) is 1. The highest BCUT2D eigenvalue weighted by atomic mass is 16.5. The van der Waals surface area contributed by atoms with Crippen molar-refractivity contribution in [1.29, 1.82) is 5.26 Å². The lowest BCUT2D eigenvalue weighted by atomic mass is 9.99. The Balaban J connectivity index is 2.62. The van der Waals surface area contributed by atoms with Gasteiger partial charge in [0.15, 0.2) is 6.10 Å². The molecule has 0 aromatic rings. The Morgan fingerprint density at radius 1 is 1.63 bits per heavy atom. The van der Waals surface area contributed by atoms with Crippen LogP contribution in [-0.4, -0.2) is 53.8 Å². The summed E-state index contributed by atoms with van der Waals surface area (Å²) in [7, 11) is 0. The van der Waals surface area contributed by atoms with Crippen LogP contribution >= 0.6 is 0 Å². The summed E-state index contributed by atoms with van der Waals surface area (Å²) in [5.74, 6) is -1.21. The number of amides is 2. The second-order valence-electron chi connectivity index (χ2n) is 4.59. The summed E-state index contributed by atoms with van der Waals surface area (Å²) in [6, 6.07) is 0.561. The van der Waals surface area contributed by atoms with Gasteiger partial charge < -0.3 is 20.1 Å². The van der Waals surface area contributed by atoms with Crippen molar-refractivity contribution < 1.29 is 19.4 Å². The van der Waals surface area contributed by atoms with E-state index in [1.807, 2.05) is 13.0 Å². The average Bonchev–Trinajstić information content (AvgIpc) is 2.43. The third-order valence-electron chi connectivity index (χ3n) is 3.26. The van der Waals surface area contributed by atoms with Crippen LogP contribution in [0.15, 0.2) is 0 Å². The number of hydrogen-bond donors (Lipinski definition) is 2. The van der Waals surface area contributed by atoms with Crippen molar-refractivity contribution in [2.75, 3.05) is 19.7 Å². The van der Waals surface area contributed by atoms with Gasteiger partial charge in [-0.2, -0.15) is 5.26 Å². The Hall–Kier alpha value is -1.81. The lowest BCUT2D eigenvalue weighted by Gasteiger charge is -2.31. The largest absolute Gasteiger partial charge is 0.480 e. The molecule has 1 saturated heterocycles. The number of nitriles is 1. The number of morpholine rings is 1. The first kappa shape index (κ1) is 15.2. The molecule has 1 aliphatic rings. The van der Waals surface area contributed by atoms with Gasteiger partial charge in [-0.1, -0.05) is 20.3 Å². The van der Waals surface area contributed by atoms with Crippen LogP contribution in [0.4, 0.5) is 4.79 Å². The summed E-state index contributed by atoms with van der Waals surface area (Å²) in [5.41, 5.74) is 0. The average molecular weight is 269 g/mol. The first-order valence-electron chi connectivity index (χ1n) is 6.29. The van der Waals surface area contributed by atoms with Gasteiger partial charge in [-0.15, -0.1) is 0 Å². The zero-order chi connectivity index (χ0) is 14.4. The number of carbonyl (C=O) groups excluding carboxylic acids is 1. The van der Waals surface area contributed by atoms with Crippen LogP contribution in [0.1, 0.15) is 20.3 Å². The fourth-order valence-corrected chi connectivity index (χ4v) is 1.82. The van der Waals surface area contributed by atoms with Crippen LogP contribution in [0, 0.1) is 17.2 Å². The Labute approximate surface area is 112 Å². The SMILES string of the molecule is CCC(C)[C@H](NC(=O)N1CCOC(C#N)C1)C(=O)O. The number of carbonyl (C=O) groups is 2. The quantitative estimate of drug-likeness (QED) is 0.770. The molecule has 7 nitrogen and oxygen atoms in total. The zero-order valence-corrected chi connectivity index (χ0v) is 11.1. The molecule has 7 heteroatoms. The third kappa shape index (κ3) is 4.10. The molecule has 19 heavy (non-hydrogen) atoms. The molecule has 2 amide bonds. The number of hydrogen-bond acceptors (Lipinski definition) is 4. The Morgan fingerprint density at radius 2 is 2.32 bits per heavy atom. The first-order valence-corrected chi connectivity index (χ1v) is 6.29. The molecule has 0 aliphatic carbocycles. The molecular formula is C12H19N3O4. The standard InChI is InChI=1S/C12H19N3O4/c1-3-8(2)10(11(16)17)14-12(18)15-4-5-19-9(6-13)7-15/h8-10H,3-5,7H2,1-2H3,(H,14,18)(H,16,17)/t8?,9?,10-/m0/s1. The molecular weight excluding hydrogens is 250 g/mol. The molecule has 0 bridgehead atoms. The van der Waals surface area contributed by atoms with Gasteiger partial charge in [-0.25, -0.2) is 9.59 Å². The van der Waals surface area contributed by atoms with E-state index < -0.39 is 24.1 Å². The van der Waals surface area contributed by atoms with E-state index >= 15 is 0 Å². The second-order valence-corrected chi connectivity index (χ2v) is 4.59. The van der Waals surface area contributed by atoms with Crippen molar-refractivity contribution in [2.24, 2.45) is 5.92 Å². The maximum absolute atomic E-state index is 12.0. The number of nitrogens with one attached hydrogen (secondary N) is 1. The van der Waals surface area contributed by atoms with Gasteiger partial charge in [-0.3, -0.25) is 0 Å². The van der Waals surface area contributed by atoms with Crippen LogP contribution < -0.4 is 5.32 Å². The maximum atomic E-state index is 12.0. The van der Waals surface area contributed by atoms with Crippen LogP contribution in [-0.2, 0) is 9.53 Å². The lowest BCUT2D eigenvalue weighted by molar-refractivity contribution is -0.140. The first-order chi connectivity index (χ1) is 8.99. The molecule has 1 rings (SSSR count). The summed E-state index contributed by atoms with van der Waals surface area (Å²) in [6.07, 6.45) is 0.00707. The smallest absolute Gasteiger partial charge is 0.326 e. The van der Waals surface area contributed by atoms with Crippen LogP contribution in [0.25, 0.3) is 0 Å². The molecule has 106 valence electrons. The third-order valence-corrected chi connectivity index (χ3v) is 3.26. The van der Waals surface area contributed by atoms with Gasteiger partial charge in [0, 0.05) is 6.54 Å². The highest BCUT2D eigenvalue weighted by Gasteiger charge is 2.30. The predicted octanol–water partition coefficient (Wildman–Crippen LogP) is 0.420. The van der Waals surface area contributed by atoms with E-state index in [4.69, 9.17) is 15.1 Å². The minimum absolute atomic E-state index is 0.158. The van der Waals surface area contributed by atoms with Crippen LogP contribution in [0.2, 0.25) is 0 Å². The van der Waals surface area contributed by atoms with Crippen molar-refractivity contribution in [1.82, 2.24) is 10.2 Å². The number of rotatable bonds is 4.